The first-order valence-corrected chi connectivity index (χ1v) is 11.3. The molecule has 1 aliphatic rings. The summed E-state index contributed by atoms with van der Waals surface area (Å²) in [6.07, 6.45) is 15.6. The Kier molecular flexibility index (Phi) is 11.8. The van der Waals surface area contributed by atoms with Crippen LogP contribution in [0.15, 0.2) is 11.6 Å². The van der Waals surface area contributed by atoms with Crippen LogP contribution in [-0.2, 0) is 4.74 Å². The second-order valence-electron chi connectivity index (χ2n) is 8.69. The number of allylic oxidation sites excluding steroid dienone is 1. The van der Waals surface area contributed by atoms with Crippen LogP contribution in [0.25, 0.3) is 0 Å². The first-order chi connectivity index (χ1) is 13.3. The van der Waals surface area contributed by atoms with Crippen LogP contribution in [0.5, 0.6) is 0 Å². The highest BCUT2D eigenvalue weighted by molar-refractivity contribution is 5.67. The van der Waals surface area contributed by atoms with Gasteiger partial charge in [-0.25, -0.2) is 4.79 Å². The van der Waals surface area contributed by atoms with E-state index in [1.807, 2.05) is 6.92 Å². The Balaban J connectivity index is 2.19. The maximum Gasteiger partial charge on any atom is 0.410 e. The van der Waals surface area contributed by atoms with E-state index in [9.17, 15) is 15.0 Å². The molecule has 1 amide bonds. The molecule has 1 heterocycles. The quantitative estimate of drug-likeness (QED) is 0.274. The largest absolute Gasteiger partial charge is 0.465 e. The number of aliphatic hydroxyl groups is 1. The average molecular weight is 398 g/mol. The Morgan fingerprint density at radius 1 is 1.07 bits per heavy atom. The van der Waals surface area contributed by atoms with Gasteiger partial charge >= 0.3 is 6.09 Å². The number of hydrogen-bond acceptors (Lipinski definition) is 3. The van der Waals surface area contributed by atoms with Gasteiger partial charge in [0.15, 0.2) is 0 Å². The predicted octanol–water partition coefficient (Wildman–Crippen LogP) is 6.11. The van der Waals surface area contributed by atoms with Crippen molar-refractivity contribution >= 4 is 6.09 Å². The smallest absolute Gasteiger partial charge is 0.410 e. The molecule has 5 nitrogen and oxygen atoms in total. The Morgan fingerprint density at radius 2 is 1.57 bits per heavy atom. The van der Waals surface area contributed by atoms with Gasteiger partial charge in [0.2, 0.25) is 0 Å². The summed E-state index contributed by atoms with van der Waals surface area (Å²) < 4.78 is 5.57. The molecule has 0 spiro atoms. The van der Waals surface area contributed by atoms with E-state index in [0.29, 0.717) is 0 Å². The molecular formula is C23H43NO4. The van der Waals surface area contributed by atoms with Crippen molar-refractivity contribution in [2.45, 2.75) is 123 Å². The maximum absolute atomic E-state index is 11.5. The number of unbranched alkanes of at least 4 members (excludes halogenated alkanes) is 11. The number of ether oxygens (including phenoxy) is 1. The molecule has 0 aromatic heterocycles. The van der Waals surface area contributed by atoms with E-state index in [1.54, 1.807) is 13.8 Å². The van der Waals surface area contributed by atoms with Crippen LogP contribution in [0, 0.1) is 0 Å². The van der Waals surface area contributed by atoms with E-state index in [1.165, 1.54) is 69.1 Å². The molecule has 28 heavy (non-hydrogen) atoms. The molecule has 0 bridgehead atoms. The van der Waals surface area contributed by atoms with Gasteiger partial charge < -0.3 is 14.9 Å². The molecule has 0 aliphatic carbocycles. The van der Waals surface area contributed by atoms with Crippen LogP contribution in [0.4, 0.5) is 4.79 Å². The Hall–Kier alpha value is -1.07. The van der Waals surface area contributed by atoms with Crippen molar-refractivity contribution in [3.8, 4) is 0 Å². The van der Waals surface area contributed by atoms with E-state index in [2.05, 4.69) is 13.0 Å². The minimum Gasteiger partial charge on any atom is -0.465 e. The molecule has 1 fully saturated rings. The zero-order valence-corrected chi connectivity index (χ0v) is 18.6. The zero-order chi connectivity index (χ0) is 21.0. The summed E-state index contributed by atoms with van der Waals surface area (Å²) in [5.41, 5.74) is -0.0575. The standard InChI is InChI=1S/C23H43NO4/c1-5-6-7-8-9-10-11-12-13-14-15-16-17-19(2)21(25)20-18-28-23(3,4)24(20)22(26)27/h17,20-21,25H,5-16,18H2,1-4H3,(H,26,27)/t20-,21+/m0/s1. The van der Waals surface area contributed by atoms with Crippen molar-refractivity contribution in [1.82, 2.24) is 4.90 Å². The number of carbonyl (C=O) groups is 1. The average Bonchev–Trinajstić information content (AvgIpc) is 2.97. The summed E-state index contributed by atoms with van der Waals surface area (Å²) in [6, 6.07) is -0.541. The van der Waals surface area contributed by atoms with Gasteiger partial charge in [0, 0.05) is 0 Å². The fraction of sp³-hybridized carbons (Fsp3) is 0.870. The van der Waals surface area contributed by atoms with E-state index in [-0.39, 0.29) is 6.61 Å². The second-order valence-corrected chi connectivity index (χ2v) is 8.69. The number of nitrogens with zero attached hydrogens (tertiary/aromatic N) is 1. The number of rotatable bonds is 14. The molecule has 164 valence electrons. The SMILES string of the molecule is CCCCCCCCCCCCCC=C(C)[C@@H](O)[C@@H]1COC(C)(C)N1C(=O)O. The summed E-state index contributed by atoms with van der Waals surface area (Å²) in [4.78, 5) is 12.8. The Labute approximate surface area is 172 Å². The van der Waals surface area contributed by atoms with Crippen molar-refractivity contribution in [3.63, 3.8) is 0 Å². The molecule has 1 rings (SSSR count). The minimum atomic E-state index is -1.05. The Morgan fingerprint density at radius 3 is 2.07 bits per heavy atom. The van der Waals surface area contributed by atoms with Gasteiger partial charge in [0.1, 0.15) is 5.72 Å². The van der Waals surface area contributed by atoms with Gasteiger partial charge in [0.05, 0.1) is 18.8 Å². The highest BCUT2D eigenvalue weighted by Crippen LogP contribution is 2.30. The highest BCUT2D eigenvalue weighted by atomic mass is 16.5. The molecule has 5 heteroatoms. The first kappa shape index (κ1) is 25.0. The third kappa shape index (κ3) is 8.52. The monoisotopic (exact) mass is 397 g/mol. The summed E-state index contributed by atoms with van der Waals surface area (Å²) in [6.45, 7) is 7.81. The molecule has 1 saturated heterocycles. The molecule has 1 aliphatic heterocycles. The molecule has 0 saturated carbocycles. The van der Waals surface area contributed by atoms with Crippen molar-refractivity contribution in [1.29, 1.82) is 0 Å². The Bertz CT molecular complexity index is 475. The summed E-state index contributed by atoms with van der Waals surface area (Å²) in [5, 5.41) is 20.0. The lowest BCUT2D eigenvalue weighted by Gasteiger charge is -2.33. The topological polar surface area (TPSA) is 70.0 Å². The van der Waals surface area contributed by atoms with E-state index in [4.69, 9.17) is 4.74 Å². The first-order valence-electron chi connectivity index (χ1n) is 11.3. The molecule has 0 radical (unpaired) electrons. The van der Waals surface area contributed by atoms with Crippen LogP contribution in [0.1, 0.15) is 105 Å². The molecule has 0 aromatic rings. The third-order valence-electron chi connectivity index (χ3n) is 5.83. The predicted molar refractivity (Wildman–Crippen MR) is 115 cm³/mol. The van der Waals surface area contributed by atoms with Crippen LogP contribution >= 0.6 is 0 Å². The van der Waals surface area contributed by atoms with Gasteiger partial charge in [-0.15, -0.1) is 0 Å². The number of aliphatic hydroxyl groups excluding tert-OH is 1. The van der Waals surface area contributed by atoms with Crippen LogP contribution in [0.3, 0.4) is 0 Å². The summed E-state index contributed by atoms with van der Waals surface area (Å²) in [5.74, 6) is 0. The van der Waals surface area contributed by atoms with E-state index >= 15 is 0 Å². The minimum absolute atomic E-state index is 0.226. The normalized spacial score (nSPS) is 20.5. The van der Waals surface area contributed by atoms with Crippen LogP contribution in [-0.4, -0.2) is 45.7 Å². The molecular weight excluding hydrogens is 354 g/mol. The molecule has 0 aromatic carbocycles. The lowest BCUT2D eigenvalue weighted by atomic mass is 10.0. The van der Waals surface area contributed by atoms with Gasteiger partial charge in [-0.1, -0.05) is 77.2 Å². The number of carboxylic acid groups (broad SMARTS) is 1. The number of hydrogen-bond donors (Lipinski definition) is 2. The number of amides is 1. The highest BCUT2D eigenvalue weighted by Gasteiger charge is 2.47. The summed E-state index contributed by atoms with van der Waals surface area (Å²) in [7, 11) is 0. The van der Waals surface area contributed by atoms with Gasteiger partial charge in [-0.2, -0.15) is 0 Å². The molecule has 2 atom stereocenters. The molecule has 0 unspecified atom stereocenters. The molecule has 2 N–H and O–H groups in total. The lowest BCUT2D eigenvalue weighted by Crippen LogP contribution is -2.51. The third-order valence-corrected chi connectivity index (χ3v) is 5.83. The van der Waals surface area contributed by atoms with Crippen LogP contribution in [0.2, 0.25) is 0 Å². The van der Waals surface area contributed by atoms with Gasteiger partial charge in [0.25, 0.3) is 0 Å². The van der Waals surface area contributed by atoms with Crippen molar-refractivity contribution in [2.24, 2.45) is 0 Å². The second kappa shape index (κ2) is 13.2. The fourth-order valence-electron chi connectivity index (χ4n) is 4.00. The van der Waals surface area contributed by atoms with E-state index in [0.717, 1.165) is 18.4 Å². The zero-order valence-electron chi connectivity index (χ0n) is 18.6. The lowest BCUT2D eigenvalue weighted by molar-refractivity contribution is -0.0452. The van der Waals surface area contributed by atoms with Crippen molar-refractivity contribution in [3.05, 3.63) is 11.6 Å². The van der Waals surface area contributed by atoms with Crippen LogP contribution < -0.4 is 0 Å². The van der Waals surface area contributed by atoms with Crippen molar-refractivity contribution in [2.75, 3.05) is 6.61 Å². The van der Waals surface area contributed by atoms with Gasteiger partial charge in [-0.3, -0.25) is 4.90 Å². The van der Waals surface area contributed by atoms with Crippen molar-refractivity contribution < 1.29 is 19.7 Å². The van der Waals surface area contributed by atoms with E-state index < -0.39 is 24.0 Å². The van der Waals surface area contributed by atoms with Gasteiger partial charge in [-0.05, 0) is 39.2 Å². The maximum atomic E-state index is 11.5. The summed E-state index contributed by atoms with van der Waals surface area (Å²) >= 11 is 0. The fourth-order valence-corrected chi connectivity index (χ4v) is 4.00.